The highest BCUT2D eigenvalue weighted by atomic mass is 79.9. The van der Waals surface area contributed by atoms with Gasteiger partial charge in [0.05, 0.1) is 36.6 Å². The number of aliphatic hydroxyl groups excluding tert-OH is 1. The molecule has 3 aliphatic rings. The van der Waals surface area contributed by atoms with Crippen LogP contribution in [0.1, 0.15) is 78.4 Å². The summed E-state index contributed by atoms with van der Waals surface area (Å²) in [6.45, 7) is 17.1. The topological polar surface area (TPSA) is 125 Å². The number of alkyl halides is 1. The van der Waals surface area contributed by atoms with Gasteiger partial charge < -0.3 is 29.7 Å². The molecular formula is C37H52BrN3O7. The lowest BCUT2D eigenvalue weighted by molar-refractivity contribution is -0.163. The number of amides is 3. The largest absolute Gasteiger partial charge is 0.455 e. The molecule has 0 aromatic heterocycles. The van der Waals surface area contributed by atoms with E-state index >= 15 is 0 Å². The second-order valence-corrected chi connectivity index (χ2v) is 14.9. The Labute approximate surface area is 293 Å². The second-order valence-electron chi connectivity index (χ2n) is 13.8. The Morgan fingerprint density at radius 3 is 2.46 bits per heavy atom. The van der Waals surface area contributed by atoms with Crippen LogP contribution in [0.4, 0.5) is 0 Å². The predicted molar refractivity (Wildman–Crippen MR) is 187 cm³/mol. The Morgan fingerprint density at radius 2 is 1.88 bits per heavy atom. The average molecular weight is 731 g/mol. The van der Waals surface area contributed by atoms with Gasteiger partial charge in [-0.05, 0) is 44.6 Å². The number of likely N-dealkylation sites (tertiary alicyclic amines) is 1. The first-order valence-corrected chi connectivity index (χ1v) is 18.1. The lowest BCUT2D eigenvalue weighted by Gasteiger charge is -2.41. The van der Waals surface area contributed by atoms with Gasteiger partial charge in [-0.1, -0.05) is 85.6 Å². The van der Waals surface area contributed by atoms with Crippen LogP contribution in [0.15, 0.2) is 55.6 Å². The number of fused-ring (bicyclic) bond motifs is 1. The standard InChI is InChI=1S/C37H52BrN3O7/c1-8-11-18-28(43)39-24(7)31(25-16-13-12-14-17-25)47-36(46)29-30-34(44)41(27(21-42)22(4)5)33(37(30)20-26(38)32(29)48-37)35(45)40(19-10-3)23(6)15-9-2/h8,10,12-14,16-17,22-24,26-27,29-33,42H,1,3,9,11,15,18-21H2,2,4-7H3,(H,39,43)/t23?,24-,26?,27+,29-,30+,31-,32-,33-,37+/m1/s1. The number of hydrogen-bond acceptors (Lipinski definition) is 7. The summed E-state index contributed by atoms with van der Waals surface area (Å²) in [5, 5.41) is 13.5. The number of carbonyl (C=O) groups excluding carboxylic acids is 4. The van der Waals surface area contributed by atoms with Gasteiger partial charge in [0.25, 0.3) is 0 Å². The second kappa shape index (κ2) is 16.1. The fourth-order valence-electron chi connectivity index (χ4n) is 7.89. The van der Waals surface area contributed by atoms with Crippen molar-refractivity contribution in [2.45, 2.75) is 114 Å². The molecule has 10 atom stereocenters. The van der Waals surface area contributed by atoms with Crippen LogP contribution in [-0.2, 0) is 28.7 Å². The van der Waals surface area contributed by atoms with Gasteiger partial charge in [0.15, 0.2) is 0 Å². The van der Waals surface area contributed by atoms with E-state index in [9.17, 15) is 24.3 Å². The SMILES string of the molecule is C=CCCC(=O)N[C@H](C)[C@@H](OC(=O)[C@H]1[C@@H]2O[C@@]3(CC2Br)[C@@H]1C(=O)N([C@@H](CO)C(C)C)[C@@H]3C(=O)N(CC=C)C(C)CCC)c1ccccc1. The number of ether oxygens (including phenoxy) is 2. The van der Waals surface area contributed by atoms with E-state index in [0.717, 1.165) is 12.8 Å². The number of halogens is 1. The molecule has 3 heterocycles. The molecule has 10 nitrogen and oxygen atoms in total. The smallest absolute Gasteiger partial charge is 0.313 e. The Kier molecular flexibility index (Phi) is 12.7. The lowest BCUT2D eigenvalue weighted by Crippen LogP contribution is -2.61. The van der Waals surface area contributed by atoms with Gasteiger partial charge in [-0.15, -0.1) is 13.2 Å². The van der Waals surface area contributed by atoms with Crippen LogP contribution in [0.3, 0.4) is 0 Å². The molecule has 2 bridgehead atoms. The molecule has 11 heteroatoms. The Morgan fingerprint density at radius 1 is 1.19 bits per heavy atom. The summed E-state index contributed by atoms with van der Waals surface area (Å²) in [7, 11) is 0. The van der Waals surface area contributed by atoms with Crippen molar-refractivity contribution >= 4 is 39.6 Å². The zero-order valence-corrected chi connectivity index (χ0v) is 30.4. The molecule has 1 spiro atoms. The maximum absolute atomic E-state index is 14.7. The van der Waals surface area contributed by atoms with E-state index in [0.29, 0.717) is 18.4 Å². The molecule has 0 radical (unpaired) electrons. The number of allylic oxidation sites excluding steroid dienone is 1. The normalized spacial score (nSPS) is 28.4. The van der Waals surface area contributed by atoms with Gasteiger partial charge in [0.1, 0.15) is 17.7 Å². The molecule has 264 valence electrons. The molecule has 1 aromatic carbocycles. The summed E-state index contributed by atoms with van der Waals surface area (Å²) in [5.41, 5.74) is -0.619. The highest BCUT2D eigenvalue weighted by Crippen LogP contribution is 2.61. The number of carbonyl (C=O) groups is 4. The molecule has 48 heavy (non-hydrogen) atoms. The summed E-state index contributed by atoms with van der Waals surface area (Å²) in [4.78, 5) is 59.4. The van der Waals surface area contributed by atoms with Crippen molar-refractivity contribution in [2.75, 3.05) is 13.2 Å². The molecule has 0 aliphatic carbocycles. The number of benzene rings is 1. The van der Waals surface area contributed by atoms with Crippen LogP contribution in [0.25, 0.3) is 0 Å². The van der Waals surface area contributed by atoms with Crippen molar-refractivity contribution in [3.05, 3.63) is 61.2 Å². The zero-order chi connectivity index (χ0) is 35.3. The van der Waals surface area contributed by atoms with Crippen molar-refractivity contribution in [1.29, 1.82) is 0 Å². The predicted octanol–water partition coefficient (Wildman–Crippen LogP) is 4.71. The van der Waals surface area contributed by atoms with E-state index in [4.69, 9.17) is 9.47 Å². The minimum atomic E-state index is -1.31. The van der Waals surface area contributed by atoms with Crippen molar-refractivity contribution in [2.24, 2.45) is 17.8 Å². The van der Waals surface area contributed by atoms with Crippen molar-refractivity contribution < 1.29 is 33.8 Å². The fourth-order valence-corrected chi connectivity index (χ4v) is 8.83. The molecule has 2 unspecified atom stereocenters. The molecule has 3 aliphatic heterocycles. The van der Waals surface area contributed by atoms with Crippen LogP contribution in [0.5, 0.6) is 0 Å². The van der Waals surface area contributed by atoms with Crippen molar-refractivity contribution in [3.63, 3.8) is 0 Å². The number of hydrogen-bond donors (Lipinski definition) is 2. The van der Waals surface area contributed by atoms with Gasteiger partial charge in [0.2, 0.25) is 17.7 Å². The number of nitrogens with one attached hydrogen (secondary N) is 1. The number of rotatable bonds is 17. The minimum absolute atomic E-state index is 0.131. The summed E-state index contributed by atoms with van der Waals surface area (Å²) >= 11 is 3.74. The van der Waals surface area contributed by atoms with Crippen LogP contribution in [0, 0.1) is 17.8 Å². The minimum Gasteiger partial charge on any atom is -0.455 e. The molecule has 2 N–H and O–H groups in total. The highest BCUT2D eigenvalue weighted by molar-refractivity contribution is 9.09. The van der Waals surface area contributed by atoms with E-state index in [1.165, 1.54) is 4.90 Å². The third kappa shape index (κ3) is 7.14. The Bertz CT molecular complexity index is 1340. The number of aliphatic hydroxyl groups is 1. The van der Waals surface area contributed by atoms with Gasteiger partial charge >= 0.3 is 5.97 Å². The zero-order valence-electron chi connectivity index (χ0n) is 28.8. The van der Waals surface area contributed by atoms with E-state index in [-0.39, 0.29) is 48.2 Å². The van der Waals surface area contributed by atoms with Crippen molar-refractivity contribution in [1.82, 2.24) is 15.1 Å². The third-order valence-electron chi connectivity index (χ3n) is 10.2. The van der Waals surface area contributed by atoms with Crippen LogP contribution in [-0.4, -0.2) is 92.4 Å². The molecule has 4 rings (SSSR count). The van der Waals surface area contributed by atoms with Crippen LogP contribution >= 0.6 is 15.9 Å². The molecule has 3 fully saturated rings. The number of nitrogens with zero attached hydrogens (tertiary/aromatic N) is 2. The van der Waals surface area contributed by atoms with Gasteiger partial charge in [-0.3, -0.25) is 19.2 Å². The molecule has 3 saturated heterocycles. The van der Waals surface area contributed by atoms with Gasteiger partial charge in [-0.25, -0.2) is 0 Å². The van der Waals surface area contributed by atoms with Crippen LogP contribution in [0.2, 0.25) is 0 Å². The van der Waals surface area contributed by atoms with Gasteiger partial charge in [-0.2, -0.15) is 0 Å². The Balaban J connectivity index is 1.75. The van der Waals surface area contributed by atoms with E-state index < -0.39 is 59.6 Å². The van der Waals surface area contributed by atoms with Crippen LogP contribution < -0.4 is 5.32 Å². The quantitative estimate of drug-likeness (QED) is 0.135. The van der Waals surface area contributed by atoms with Gasteiger partial charge in [0, 0.05) is 23.8 Å². The van der Waals surface area contributed by atoms with E-state index in [2.05, 4.69) is 41.3 Å². The first-order valence-electron chi connectivity index (χ1n) is 17.2. The summed E-state index contributed by atoms with van der Waals surface area (Å²) in [6.07, 6.45) is 4.49. The average Bonchev–Trinajstić information content (AvgIpc) is 3.65. The summed E-state index contributed by atoms with van der Waals surface area (Å²) < 4.78 is 13.0. The lowest BCUT2D eigenvalue weighted by atomic mass is 9.70. The van der Waals surface area contributed by atoms with Crippen molar-refractivity contribution in [3.8, 4) is 0 Å². The maximum Gasteiger partial charge on any atom is 0.313 e. The first-order chi connectivity index (χ1) is 22.9. The first kappa shape index (κ1) is 37.8. The third-order valence-corrected chi connectivity index (χ3v) is 11.0. The van der Waals surface area contributed by atoms with E-state index in [1.807, 2.05) is 51.1 Å². The molecule has 3 amide bonds. The molecule has 1 aromatic rings. The summed E-state index contributed by atoms with van der Waals surface area (Å²) in [5.74, 6) is -3.70. The van der Waals surface area contributed by atoms with E-state index in [1.54, 1.807) is 24.0 Å². The summed E-state index contributed by atoms with van der Waals surface area (Å²) in [6, 6.07) is 6.73. The molecular weight excluding hydrogens is 678 g/mol. The Hall–Kier alpha value is -3.02. The highest BCUT2D eigenvalue weighted by Gasteiger charge is 2.77. The monoisotopic (exact) mass is 729 g/mol. The maximum atomic E-state index is 14.7. The molecule has 0 saturated carbocycles. The fraction of sp³-hybridized carbons (Fsp3) is 0.622. The number of esters is 1.